The lowest BCUT2D eigenvalue weighted by molar-refractivity contribution is 0.470. The van der Waals surface area contributed by atoms with Crippen molar-refractivity contribution in [2.45, 2.75) is 12.1 Å². The fourth-order valence-corrected chi connectivity index (χ4v) is 5.54. The van der Waals surface area contributed by atoms with Crippen LogP contribution >= 0.6 is 31.9 Å². The Morgan fingerprint density at radius 2 is 1.29 bits per heavy atom. The fourth-order valence-electron chi connectivity index (χ4n) is 4.28. The Kier molecular flexibility index (Phi) is 6.66. The van der Waals surface area contributed by atoms with Gasteiger partial charge in [0.05, 0.1) is 16.6 Å². The first-order valence-corrected chi connectivity index (χ1v) is 12.6. The molecule has 0 spiro atoms. The van der Waals surface area contributed by atoms with Gasteiger partial charge in [-0.05, 0) is 50.0 Å². The summed E-state index contributed by atoms with van der Waals surface area (Å²) in [6, 6.07) is 32.5. The van der Waals surface area contributed by atoms with E-state index in [4.69, 9.17) is 4.99 Å². The number of aromatic nitrogens is 1. The molecule has 0 aliphatic heterocycles. The third-order valence-electron chi connectivity index (χ3n) is 5.91. The maximum absolute atomic E-state index is 10.6. The number of aromatic hydroxyl groups is 1. The number of rotatable bonds is 6. The first kappa shape index (κ1) is 22.6. The van der Waals surface area contributed by atoms with Gasteiger partial charge in [0.25, 0.3) is 0 Å². The van der Waals surface area contributed by atoms with Crippen LogP contribution in [-0.2, 0) is 0 Å². The number of fused-ring (bicyclic) bond motifs is 1. The van der Waals surface area contributed by atoms with E-state index in [-0.39, 0.29) is 17.8 Å². The molecule has 1 aromatic heterocycles. The molecule has 168 valence electrons. The summed E-state index contributed by atoms with van der Waals surface area (Å²) in [5.74, 6) is 0.168. The lowest BCUT2D eigenvalue weighted by Gasteiger charge is -2.27. The highest BCUT2D eigenvalue weighted by Crippen LogP contribution is 2.38. The van der Waals surface area contributed by atoms with Crippen LogP contribution in [-0.4, -0.2) is 15.9 Å². The normalized spacial score (nSPS) is 13.4. The van der Waals surface area contributed by atoms with Gasteiger partial charge < -0.3 is 9.67 Å². The topological polar surface area (TPSA) is 37.5 Å². The summed E-state index contributed by atoms with van der Waals surface area (Å²) >= 11 is 6.94. The molecule has 4 aromatic carbocycles. The highest BCUT2D eigenvalue weighted by atomic mass is 79.9. The van der Waals surface area contributed by atoms with Crippen molar-refractivity contribution < 1.29 is 5.11 Å². The zero-order chi connectivity index (χ0) is 23.5. The van der Waals surface area contributed by atoms with E-state index in [0.29, 0.717) is 10.0 Å². The van der Waals surface area contributed by atoms with Crippen LogP contribution in [0.25, 0.3) is 10.8 Å². The van der Waals surface area contributed by atoms with Gasteiger partial charge in [-0.15, -0.1) is 0 Å². The Morgan fingerprint density at radius 3 is 1.91 bits per heavy atom. The van der Waals surface area contributed by atoms with Crippen molar-refractivity contribution in [3.05, 3.63) is 135 Å². The van der Waals surface area contributed by atoms with Crippen molar-refractivity contribution in [1.29, 1.82) is 0 Å². The summed E-state index contributed by atoms with van der Waals surface area (Å²) in [5.41, 5.74) is 2.90. The second-order valence-electron chi connectivity index (χ2n) is 8.15. The molecule has 5 aromatic rings. The van der Waals surface area contributed by atoms with Crippen molar-refractivity contribution in [2.75, 3.05) is 0 Å². The number of halogens is 2. The van der Waals surface area contributed by atoms with E-state index in [1.54, 1.807) is 6.21 Å². The molecule has 0 aliphatic rings. The highest BCUT2D eigenvalue weighted by molar-refractivity contribution is 9.11. The summed E-state index contributed by atoms with van der Waals surface area (Å²) in [6.45, 7) is 0. The van der Waals surface area contributed by atoms with Gasteiger partial charge in [-0.3, -0.25) is 4.99 Å². The van der Waals surface area contributed by atoms with Crippen LogP contribution in [0, 0.1) is 0 Å². The molecule has 5 heteroatoms. The van der Waals surface area contributed by atoms with Crippen molar-refractivity contribution in [3.63, 3.8) is 0 Å². The Morgan fingerprint density at radius 1 is 0.735 bits per heavy atom. The van der Waals surface area contributed by atoms with E-state index in [1.807, 2.05) is 36.4 Å². The average Bonchev–Trinajstić information content (AvgIpc) is 3.29. The molecule has 0 saturated heterocycles. The molecule has 0 aliphatic carbocycles. The molecule has 0 radical (unpaired) electrons. The number of phenols is 1. The quantitative estimate of drug-likeness (QED) is 0.204. The second-order valence-corrected chi connectivity index (χ2v) is 9.92. The summed E-state index contributed by atoms with van der Waals surface area (Å²) in [4.78, 5) is 5.08. The van der Waals surface area contributed by atoms with Crippen LogP contribution in [0.3, 0.4) is 0 Å². The zero-order valence-electron chi connectivity index (χ0n) is 18.2. The number of nitrogens with zero attached hydrogens (tertiary/aromatic N) is 2. The third kappa shape index (κ3) is 4.72. The lowest BCUT2D eigenvalue weighted by atomic mass is 9.93. The summed E-state index contributed by atoms with van der Waals surface area (Å²) < 4.78 is 3.74. The predicted molar refractivity (Wildman–Crippen MR) is 147 cm³/mol. The molecule has 0 bridgehead atoms. The summed E-state index contributed by atoms with van der Waals surface area (Å²) in [7, 11) is 0. The van der Waals surface area contributed by atoms with Gasteiger partial charge in [0.1, 0.15) is 5.75 Å². The van der Waals surface area contributed by atoms with Gasteiger partial charge in [0, 0.05) is 28.6 Å². The van der Waals surface area contributed by atoms with Crippen LogP contribution in [0.1, 0.15) is 28.8 Å². The smallest absolute Gasteiger partial charge is 0.138 e. The van der Waals surface area contributed by atoms with E-state index >= 15 is 0 Å². The SMILES string of the molecule is Oc1c(Br)cc(Br)cc1C=N[C@H](c1ccccc1)[C@@H](c1ccccc1)n1cc2ccccc2c1. The van der Waals surface area contributed by atoms with Crippen molar-refractivity contribution in [2.24, 2.45) is 4.99 Å². The van der Waals surface area contributed by atoms with E-state index in [1.165, 1.54) is 10.8 Å². The third-order valence-corrected chi connectivity index (χ3v) is 6.97. The molecule has 3 nitrogen and oxygen atoms in total. The molecule has 1 N–H and O–H groups in total. The Balaban J connectivity index is 1.68. The average molecular weight is 574 g/mol. The Bertz CT molecular complexity index is 1410. The summed E-state index contributed by atoms with van der Waals surface area (Å²) in [6.07, 6.45) is 6.14. The number of hydrogen-bond donors (Lipinski definition) is 1. The van der Waals surface area contributed by atoms with Crippen LogP contribution in [0.5, 0.6) is 5.75 Å². The van der Waals surface area contributed by atoms with E-state index in [0.717, 1.165) is 15.6 Å². The molecule has 0 fully saturated rings. The maximum atomic E-state index is 10.6. The maximum Gasteiger partial charge on any atom is 0.138 e. The predicted octanol–water partition coefficient (Wildman–Crippen LogP) is 8.32. The molecular weight excluding hydrogens is 552 g/mol. The minimum Gasteiger partial charge on any atom is -0.506 e. The standard InChI is InChI=1S/C29H22Br2N2O/c30-25-15-24(29(34)26(31)16-25)17-32-27(20-9-3-1-4-10-20)28(21-11-5-2-6-12-21)33-18-22-13-7-8-14-23(22)19-33/h1-19,27-28,34H/t27-,28-/m1/s1. The molecule has 0 amide bonds. The van der Waals surface area contributed by atoms with Gasteiger partial charge >= 0.3 is 0 Å². The van der Waals surface area contributed by atoms with Gasteiger partial charge in [0.2, 0.25) is 0 Å². The van der Waals surface area contributed by atoms with Gasteiger partial charge in [-0.25, -0.2) is 0 Å². The van der Waals surface area contributed by atoms with Gasteiger partial charge in [0.15, 0.2) is 0 Å². The monoisotopic (exact) mass is 572 g/mol. The molecule has 1 heterocycles. The van der Waals surface area contributed by atoms with Crippen LogP contribution < -0.4 is 0 Å². The van der Waals surface area contributed by atoms with Crippen LogP contribution in [0.15, 0.2) is 123 Å². The number of aliphatic imine (C=N–C) groups is 1. The van der Waals surface area contributed by atoms with Crippen LogP contribution in [0.4, 0.5) is 0 Å². The van der Waals surface area contributed by atoms with Gasteiger partial charge in [-0.2, -0.15) is 0 Å². The number of hydrogen-bond acceptors (Lipinski definition) is 2. The molecule has 5 rings (SSSR count). The highest BCUT2D eigenvalue weighted by Gasteiger charge is 2.26. The summed E-state index contributed by atoms with van der Waals surface area (Å²) in [5, 5.41) is 13.0. The van der Waals surface area contributed by atoms with E-state index in [2.05, 4.69) is 109 Å². The molecule has 0 saturated carbocycles. The molecule has 2 atom stereocenters. The van der Waals surface area contributed by atoms with Crippen LogP contribution in [0.2, 0.25) is 0 Å². The first-order chi connectivity index (χ1) is 16.6. The first-order valence-electron chi connectivity index (χ1n) is 11.0. The fraction of sp³-hybridized carbons (Fsp3) is 0.0690. The lowest BCUT2D eigenvalue weighted by Crippen LogP contribution is -2.17. The Labute approximate surface area is 215 Å². The second kappa shape index (κ2) is 10.00. The number of benzene rings is 4. The van der Waals surface area contributed by atoms with Crippen molar-refractivity contribution >= 4 is 48.8 Å². The number of phenolic OH excluding ortho intramolecular Hbond substituents is 1. The molecular formula is C29H22Br2N2O. The zero-order valence-corrected chi connectivity index (χ0v) is 21.4. The largest absolute Gasteiger partial charge is 0.506 e. The molecule has 0 unspecified atom stereocenters. The van der Waals surface area contributed by atoms with E-state index < -0.39 is 0 Å². The minimum atomic E-state index is -0.220. The minimum absolute atomic E-state index is 0.0787. The van der Waals surface area contributed by atoms with Gasteiger partial charge in [-0.1, -0.05) is 101 Å². The molecule has 34 heavy (non-hydrogen) atoms. The van der Waals surface area contributed by atoms with Crippen molar-refractivity contribution in [3.8, 4) is 5.75 Å². The van der Waals surface area contributed by atoms with Crippen molar-refractivity contribution in [1.82, 2.24) is 4.57 Å². The van der Waals surface area contributed by atoms with E-state index in [9.17, 15) is 5.11 Å². The Hall–Kier alpha value is -3.15.